The number of fused-ring (bicyclic) bond motifs is 1. The van der Waals surface area contributed by atoms with Crippen LogP contribution < -0.4 is 20.5 Å². The van der Waals surface area contributed by atoms with Crippen LogP contribution in [0.2, 0.25) is 0 Å². The Kier molecular flexibility index (Phi) is 5.72. The van der Waals surface area contributed by atoms with Crippen LogP contribution in [0, 0.1) is 0 Å². The lowest BCUT2D eigenvalue weighted by Gasteiger charge is -2.16. The summed E-state index contributed by atoms with van der Waals surface area (Å²) in [4.78, 5) is 18.0. The van der Waals surface area contributed by atoms with Crippen molar-refractivity contribution in [2.24, 2.45) is 0 Å². The molecule has 6 nitrogen and oxygen atoms in total. The van der Waals surface area contributed by atoms with E-state index in [-0.39, 0.29) is 5.56 Å². The first-order valence-corrected chi connectivity index (χ1v) is 10.1. The summed E-state index contributed by atoms with van der Waals surface area (Å²) >= 11 is 3.45. The van der Waals surface area contributed by atoms with Crippen molar-refractivity contribution in [2.45, 2.75) is 6.54 Å². The van der Waals surface area contributed by atoms with Gasteiger partial charge in [0.1, 0.15) is 0 Å². The third kappa shape index (κ3) is 3.89. The normalized spacial score (nSPS) is 10.8. The molecule has 0 spiro atoms. The second-order valence-electron chi connectivity index (χ2n) is 6.62. The van der Waals surface area contributed by atoms with Gasteiger partial charge >= 0.3 is 0 Å². The smallest absolute Gasteiger partial charge is 0.280 e. The first-order valence-electron chi connectivity index (χ1n) is 9.33. The Labute approximate surface area is 182 Å². The molecular formula is C23H20BrN3O3. The second kappa shape index (κ2) is 8.59. The SMILES string of the molecule is COc1ccc(CNn2c(-c3ccc(Br)cc3)nc3ccccc3c2=O)cc1OC. The Morgan fingerprint density at radius 3 is 2.43 bits per heavy atom. The number of para-hydroxylation sites is 1. The minimum absolute atomic E-state index is 0.154. The van der Waals surface area contributed by atoms with Crippen molar-refractivity contribution >= 4 is 26.8 Å². The van der Waals surface area contributed by atoms with Crippen molar-refractivity contribution < 1.29 is 9.47 Å². The van der Waals surface area contributed by atoms with Gasteiger partial charge < -0.3 is 14.9 Å². The lowest BCUT2D eigenvalue weighted by Crippen LogP contribution is -2.31. The lowest BCUT2D eigenvalue weighted by molar-refractivity contribution is 0.354. The number of benzene rings is 3. The van der Waals surface area contributed by atoms with E-state index in [9.17, 15) is 4.79 Å². The third-order valence-electron chi connectivity index (χ3n) is 4.77. The van der Waals surface area contributed by atoms with Crippen LogP contribution in [0.3, 0.4) is 0 Å². The van der Waals surface area contributed by atoms with Gasteiger partial charge in [-0.05, 0) is 42.0 Å². The molecule has 0 saturated heterocycles. The van der Waals surface area contributed by atoms with Gasteiger partial charge in [-0.2, -0.15) is 0 Å². The maximum atomic E-state index is 13.2. The second-order valence-corrected chi connectivity index (χ2v) is 7.54. The Bertz CT molecular complexity index is 1250. The number of halogens is 1. The van der Waals surface area contributed by atoms with Crippen molar-refractivity contribution in [1.29, 1.82) is 0 Å². The molecule has 0 atom stereocenters. The predicted octanol–water partition coefficient (Wildman–Crippen LogP) is 4.59. The highest BCUT2D eigenvalue weighted by Gasteiger charge is 2.13. The van der Waals surface area contributed by atoms with E-state index in [1.807, 2.05) is 60.7 Å². The molecule has 152 valence electrons. The molecule has 4 rings (SSSR count). The van der Waals surface area contributed by atoms with Crippen LogP contribution in [0.4, 0.5) is 0 Å². The minimum Gasteiger partial charge on any atom is -0.493 e. The fraction of sp³-hybridized carbons (Fsp3) is 0.130. The highest BCUT2D eigenvalue weighted by Crippen LogP contribution is 2.27. The summed E-state index contributed by atoms with van der Waals surface area (Å²) in [6.45, 7) is 0.407. The molecule has 0 aliphatic heterocycles. The summed E-state index contributed by atoms with van der Waals surface area (Å²) in [6, 6.07) is 20.7. The van der Waals surface area contributed by atoms with E-state index >= 15 is 0 Å². The van der Waals surface area contributed by atoms with Crippen LogP contribution in [-0.4, -0.2) is 23.9 Å². The zero-order chi connectivity index (χ0) is 21.1. The molecule has 1 heterocycles. The topological polar surface area (TPSA) is 65.4 Å². The van der Waals surface area contributed by atoms with Crippen LogP contribution in [0.25, 0.3) is 22.3 Å². The molecule has 0 aliphatic rings. The fourth-order valence-electron chi connectivity index (χ4n) is 3.23. The maximum absolute atomic E-state index is 13.2. The third-order valence-corrected chi connectivity index (χ3v) is 5.30. The van der Waals surface area contributed by atoms with Gasteiger partial charge in [0.25, 0.3) is 5.56 Å². The molecule has 1 N–H and O–H groups in total. The molecule has 1 aromatic heterocycles. The van der Waals surface area contributed by atoms with Crippen molar-refractivity contribution in [3.05, 3.63) is 87.1 Å². The Morgan fingerprint density at radius 1 is 0.967 bits per heavy atom. The van der Waals surface area contributed by atoms with Gasteiger partial charge in [0.05, 0.1) is 31.7 Å². The van der Waals surface area contributed by atoms with Gasteiger partial charge in [0.2, 0.25) is 0 Å². The average Bonchev–Trinajstić information content (AvgIpc) is 2.78. The molecule has 4 aromatic rings. The monoisotopic (exact) mass is 465 g/mol. The van der Waals surface area contributed by atoms with Crippen molar-refractivity contribution in [3.63, 3.8) is 0 Å². The van der Waals surface area contributed by atoms with Crippen LogP contribution in [-0.2, 0) is 6.54 Å². The van der Waals surface area contributed by atoms with Gasteiger partial charge in [-0.1, -0.05) is 46.3 Å². The molecule has 0 radical (unpaired) electrons. The number of nitrogens with one attached hydrogen (secondary N) is 1. The largest absolute Gasteiger partial charge is 0.493 e. The zero-order valence-electron chi connectivity index (χ0n) is 16.6. The van der Waals surface area contributed by atoms with Gasteiger partial charge in [0, 0.05) is 10.0 Å². The summed E-state index contributed by atoms with van der Waals surface area (Å²) < 4.78 is 13.1. The number of hydrogen-bond donors (Lipinski definition) is 1. The average molecular weight is 466 g/mol. The standard InChI is InChI=1S/C23H20BrN3O3/c1-29-20-12-7-15(13-21(20)30-2)14-25-27-22(16-8-10-17(24)11-9-16)26-19-6-4-3-5-18(19)23(27)28/h3-13,25H,14H2,1-2H3. The van der Waals surface area contributed by atoms with E-state index in [1.54, 1.807) is 20.3 Å². The maximum Gasteiger partial charge on any atom is 0.280 e. The van der Waals surface area contributed by atoms with Crippen molar-refractivity contribution in [2.75, 3.05) is 19.6 Å². The van der Waals surface area contributed by atoms with E-state index in [0.717, 1.165) is 15.6 Å². The Balaban J connectivity index is 1.77. The van der Waals surface area contributed by atoms with Gasteiger partial charge in [-0.25, -0.2) is 9.66 Å². The van der Waals surface area contributed by atoms with Crippen molar-refractivity contribution in [3.8, 4) is 22.9 Å². The van der Waals surface area contributed by atoms with Crippen LogP contribution >= 0.6 is 15.9 Å². The Morgan fingerprint density at radius 2 is 1.70 bits per heavy atom. The van der Waals surface area contributed by atoms with Crippen LogP contribution in [0.15, 0.2) is 76.0 Å². The zero-order valence-corrected chi connectivity index (χ0v) is 18.1. The van der Waals surface area contributed by atoms with Crippen molar-refractivity contribution in [1.82, 2.24) is 9.66 Å². The Hall–Kier alpha value is -3.32. The minimum atomic E-state index is -0.154. The molecule has 0 saturated carbocycles. The first kappa shape index (κ1) is 20.0. The molecule has 0 fully saturated rings. The number of nitrogens with zero attached hydrogens (tertiary/aromatic N) is 2. The van der Waals surface area contributed by atoms with Crippen LogP contribution in [0.5, 0.6) is 11.5 Å². The van der Waals surface area contributed by atoms with Crippen LogP contribution in [0.1, 0.15) is 5.56 Å². The first-order chi connectivity index (χ1) is 14.6. The summed E-state index contributed by atoms with van der Waals surface area (Å²) in [5.74, 6) is 1.84. The van der Waals surface area contributed by atoms with Gasteiger partial charge in [-0.3, -0.25) is 4.79 Å². The molecule has 0 unspecified atom stereocenters. The molecule has 30 heavy (non-hydrogen) atoms. The molecule has 3 aromatic carbocycles. The number of hydrogen-bond acceptors (Lipinski definition) is 5. The highest BCUT2D eigenvalue weighted by atomic mass is 79.9. The summed E-state index contributed by atoms with van der Waals surface area (Å²) in [6.07, 6.45) is 0. The van der Waals surface area contributed by atoms with E-state index in [2.05, 4.69) is 21.4 Å². The number of rotatable bonds is 6. The summed E-state index contributed by atoms with van der Waals surface area (Å²) in [5.41, 5.74) is 5.50. The van der Waals surface area contributed by atoms with Gasteiger partial charge in [-0.15, -0.1) is 0 Å². The molecule has 0 aliphatic carbocycles. The quantitative estimate of drug-likeness (QED) is 0.451. The highest BCUT2D eigenvalue weighted by molar-refractivity contribution is 9.10. The molecule has 0 bridgehead atoms. The predicted molar refractivity (Wildman–Crippen MR) is 122 cm³/mol. The van der Waals surface area contributed by atoms with E-state index in [4.69, 9.17) is 14.5 Å². The molecule has 0 amide bonds. The summed E-state index contributed by atoms with van der Waals surface area (Å²) in [7, 11) is 3.19. The number of ether oxygens (including phenoxy) is 2. The van der Waals surface area contributed by atoms with E-state index in [1.165, 1.54) is 4.68 Å². The molecular weight excluding hydrogens is 446 g/mol. The fourth-order valence-corrected chi connectivity index (χ4v) is 3.50. The van der Waals surface area contributed by atoms with Gasteiger partial charge in [0.15, 0.2) is 17.3 Å². The number of aromatic nitrogens is 2. The van der Waals surface area contributed by atoms with E-state index < -0.39 is 0 Å². The van der Waals surface area contributed by atoms with E-state index in [0.29, 0.717) is 34.8 Å². The molecule has 7 heteroatoms. The summed E-state index contributed by atoms with van der Waals surface area (Å²) in [5, 5.41) is 0.554. The lowest BCUT2D eigenvalue weighted by atomic mass is 10.2. The number of methoxy groups -OCH3 is 2.